The van der Waals surface area contributed by atoms with Crippen LogP contribution in [0, 0.1) is 0 Å². The van der Waals surface area contributed by atoms with Crippen molar-refractivity contribution < 1.29 is 19.8 Å². The fourth-order valence-corrected chi connectivity index (χ4v) is 8.12. The van der Waals surface area contributed by atoms with Gasteiger partial charge in [0.15, 0.2) is 0 Å². The standard InChI is InChI=1S/2C8H17.C3H4O4.Ba/c2*1-3-5-7-8-6-4-2;4-2(5)1-3(6)7;/h2*1,3-8H2,2H3;1H2,(H,4,5)(H,6,7);. The minimum absolute atomic E-state index is 0.361. The van der Waals surface area contributed by atoms with Crippen molar-refractivity contribution in [3.63, 3.8) is 0 Å². The van der Waals surface area contributed by atoms with E-state index < -0.39 is 18.4 Å². The number of carboxylic acids is 2. The SMILES string of the molecule is CCCCCCC[CH2][Ba][CH2]CCCCCCC.O=C(O)CC(=O)O. The molecule has 0 rings (SSSR count). The van der Waals surface area contributed by atoms with E-state index in [1.807, 2.05) is 0 Å². The Morgan fingerprint density at radius 1 is 0.625 bits per heavy atom. The van der Waals surface area contributed by atoms with Crippen LogP contribution in [0.5, 0.6) is 0 Å². The quantitative estimate of drug-likeness (QED) is 0.171. The molecule has 0 aromatic carbocycles. The molecule has 0 aliphatic heterocycles. The average Bonchev–Trinajstić information content (AvgIpc) is 2.51. The Hall–Kier alpha value is 0.511. The van der Waals surface area contributed by atoms with Crippen LogP contribution < -0.4 is 0 Å². The van der Waals surface area contributed by atoms with Crippen LogP contribution in [-0.2, 0) is 9.59 Å². The van der Waals surface area contributed by atoms with E-state index in [1.165, 1.54) is 64.2 Å². The summed E-state index contributed by atoms with van der Waals surface area (Å²) in [5, 5.41) is 15.4. The van der Waals surface area contributed by atoms with Gasteiger partial charge in [0.25, 0.3) is 0 Å². The van der Waals surface area contributed by atoms with Gasteiger partial charge >= 0.3 is 149 Å². The van der Waals surface area contributed by atoms with Crippen molar-refractivity contribution in [1.29, 1.82) is 0 Å². The van der Waals surface area contributed by atoms with Gasteiger partial charge in [-0.25, -0.2) is 0 Å². The summed E-state index contributed by atoms with van der Waals surface area (Å²) in [7, 11) is 0. The minimum atomic E-state index is -1.31. The molecule has 0 bridgehead atoms. The second-order valence-corrected chi connectivity index (χ2v) is 13.2. The number of carbonyl (C=O) groups is 2. The fraction of sp³-hybridized carbons (Fsp3) is 0.895. The van der Waals surface area contributed by atoms with Crippen molar-refractivity contribution >= 4 is 56.1 Å². The molecule has 0 aliphatic rings. The number of hydrogen-bond acceptors (Lipinski definition) is 2. The molecule has 0 heterocycles. The minimum Gasteiger partial charge on any atom is -0.481 e. The molecule has 0 spiro atoms. The molecule has 0 atom stereocenters. The zero-order valence-corrected chi connectivity index (χ0v) is 20.5. The van der Waals surface area contributed by atoms with E-state index >= 15 is 0 Å². The number of aliphatic carboxylic acids is 2. The Balaban J connectivity index is 0. The molecule has 0 saturated carbocycles. The maximum Gasteiger partial charge on any atom is 0.314 e. The van der Waals surface area contributed by atoms with E-state index in [9.17, 15) is 9.59 Å². The molecule has 0 aromatic rings. The first-order chi connectivity index (χ1) is 11.5. The molecule has 0 fully saturated rings. The van der Waals surface area contributed by atoms with E-state index in [0.717, 1.165) is 0 Å². The van der Waals surface area contributed by atoms with Gasteiger partial charge in [-0.15, -0.1) is 0 Å². The number of hydrogen-bond donors (Lipinski definition) is 2. The van der Waals surface area contributed by atoms with E-state index in [1.54, 1.807) is 14.6 Å². The van der Waals surface area contributed by atoms with Gasteiger partial charge in [0.1, 0.15) is 6.42 Å². The Bertz CT molecular complexity index is 257. The molecule has 140 valence electrons. The summed E-state index contributed by atoms with van der Waals surface area (Å²) in [6, 6.07) is 0. The summed E-state index contributed by atoms with van der Waals surface area (Å²) < 4.78 is 3.42. The first kappa shape index (κ1) is 26.7. The Morgan fingerprint density at radius 2 is 0.958 bits per heavy atom. The van der Waals surface area contributed by atoms with Gasteiger partial charge in [0.05, 0.1) is 0 Å². The smallest absolute Gasteiger partial charge is 0.314 e. The normalized spacial score (nSPS) is 9.75. The van der Waals surface area contributed by atoms with Crippen LogP contribution in [0.15, 0.2) is 0 Å². The molecule has 0 radical (unpaired) electrons. The molecular weight excluding hydrogens is 430 g/mol. The summed E-state index contributed by atoms with van der Waals surface area (Å²) in [5.41, 5.74) is 0. The molecule has 0 saturated heterocycles. The van der Waals surface area contributed by atoms with Crippen molar-refractivity contribution in [3.05, 3.63) is 0 Å². The van der Waals surface area contributed by atoms with Gasteiger partial charge in [0, 0.05) is 0 Å². The second-order valence-electron chi connectivity index (χ2n) is 6.56. The largest absolute Gasteiger partial charge is 0.481 e. The number of rotatable bonds is 16. The topological polar surface area (TPSA) is 74.6 Å². The van der Waals surface area contributed by atoms with Gasteiger partial charge in [0.2, 0.25) is 0 Å². The maximum absolute atomic E-state index is 9.43. The van der Waals surface area contributed by atoms with Crippen molar-refractivity contribution in [2.75, 3.05) is 0 Å². The third kappa shape index (κ3) is 30.4. The van der Waals surface area contributed by atoms with E-state index in [4.69, 9.17) is 10.2 Å². The zero-order valence-electron chi connectivity index (χ0n) is 16.0. The molecular formula is C19H38BaO4. The van der Waals surface area contributed by atoms with Crippen LogP contribution in [0.1, 0.15) is 97.3 Å². The molecule has 5 heteroatoms. The Kier molecular flexibility index (Phi) is 26.2. The monoisotopic (exact) mass is 468 g/mol. The molecule has 0 aliphatic carbocycles. The third-order valence-electron chi connectivity index (χ3n) is 4.01. The summed E-state index contributed by atoms with van der Waals surface area (Å²) in [4.78, 5) is 18.9. The number of unbranched alkanes of at least 4 members (excludes halogenated alkanes) is 10. The second kappa shape index (κ2) is 23.5. The molecule has 0 amide bonds. The van der Waals surface area contributed by atoms with Gasteiger partial charge < -0.3 is 10.2 Å². The van der Waals surface area contributed by atoms with Crippen LogP contribution in [-0.4, -0.2) is 66.3 Å². The summed E-state index contributed by atoms with van der Waals surface area (Å²) in [6.07, 6.45) is 17.1. The van der Waals surface area contributed by atoms with Crippen LogP contribution in [0.3, 0.4) is 0 Å². The average molecular weight is 468 g/mol. The van der Waals surface area contributed by atoms with Gasteiger partial charge in [-0.2, -0.15) is 0 Å². The van der Waals surface area contributed by atoms with Crippen molar-refractivity contribution in [2.45, 2.75) is 99.1 Å². The van der Waals surface area contributed by atoms with Crippen LogP contribution in [0.25, 0.3) is 0 Å². The van der Waals surface area contributed by atoms with Gasteiger partial charge in [-0.05, 0) is 0 Å². The molecule has 2 N–H and O–H groups in total. The van der Waals surface area contributed by atoms with Gasteiger partial charge in [-0.3, -0.25) is 9.59 Å². The molecule has 0 aromatic heterocycles. The Labute approximate surface area is 173 Å². The predicted octanol–water partition coefficient (Wildman–Crippen LogP) is 5.79. The third-order valence-corrected chi connectivity index (χ3v) is 10.3. The molecule has 4 nitrogen and oxygen atoms in total. The molecule has 24 heavy (non-hydrogen) atoms. The van der Waals surface area contributed by atoms with Crippen molar-refractivity contribution in [2.24, 2.45) is 0 Å². The summed E-state index contributed by atoms with van der Waals surface area (Å²) in [5.74, 6) is -2.62. The summed E-state index contributed by atoms with van der Waals surface area (Å²) >= 11 is -0.361. The van der Waals surface area contributed by atoms with Crippen molar-refractivity contribution in [3.8, 4) is 0 Å². The van der Waals surface area contributed by atoms with E-state index in [2.05, 4.69) is 13.8 Å². The van der Waals surface area contributed by atoms with Crippen LogP contribution in [0.2, 0.25) is 1.78 Å². The van der Waals surface area contributed by atoms with Crippen LogP contribution >= 0.6 is 0 Å². The summed E-state index contributed by atoms with van der Waals surface area (Å²) in [6.45, 7) is 4.61. The predicted molar refractivity (Wildman–Crippen MR) is 102 cm³/mol. The van der Waals surface area contributed by atoms with Gasteiger partial charge in [-0.1, -0.05) is 0 Å². The maximum atomic E-state index is 9.43. The first-order valence-electron chi connectivity index (χ1n) is 9.98. The van der Waals surface area contributed by atoms with Crippen molar-refractivity contribution in [1.82, 2.24) is 0 Å². The molecule has 0 unspecified atom stereocenters. The first-order valence-corrected chi connectivity index (χ1v) is 16.3. The number of carboxylic acid groups (broad SMARTS) is 2. The Morgan fingerprint density at radius 3 is 1.25 bits per heavy atom. The van der Waals surface area contributed by atoms with Crippen LogP contribution in [0.4, 0.5) is 0 Å². The van der Waals surface area contributed by atoms with E-state index in [-0.39, 0.29) is 44.2 Å². The zero-order chi connectivity index (χ0) is 18.5. The fourth-order valence-electron chi connectivity index (χ4n) is 2.57. The van der Waals surface area contributed by atoms with E-state index in [0.29, 0.717) is 0 Å².